The summed E-state index contributed by atoms with van der Waals surface area (Å²) >= 11 is 12.3. The lowest BCUT2D eigenvalue weighted by molar-refractivity contribution is -0.139. The maximum Gasteiger partial charge on any atom is 0.244 e. The van der Waals surface area contributed by atoms with Crippen LogP contribution < -0.4 is 9.62 Å². The molecular formula is C23H29Cl2N3O4S. The fraction of sp³-hybridized carbons (Fsp3) is 0.391. The lowest BCUT2D eigenvalue weighted by Crippen LogP contribution is -2.50. The van der Waals surface area contributed by atoms with Gasteiger partial charge in [-0.05, 0) is 42.2 Å². The summed E-state index contributed by atoms with van der Waals surface area (Å²) < 4.78 is 26.5. The van der Waals surface area contributed by atoms with Crippen molar-refractivity contribution in [1.82, 2.24) is 10.2 Å². The number of anilines is 1. The van der Waals surface area contributed by atoms with E-state index in [0.29, 0.717) is 21.3 Å². The number of carbonyl (C=O) groups is 2. The van der Waals surface area contributed by atoms with E-state index in [1.807, 2.05) is 26.0 Å². The number of para-hydroxylation sites is 1. The van der Waals surface area contributed by atoms with Crippen molar-refractivity contribution >= 4 is 50.7 Å². The Bertz CT molecular complexity index is 1120. The van der Waals surface area contributed by atoms with Gasteiger partial charge in [0.2, 0.25) is 21.8 Å². The molecule has 0 bridgehead atoms. The third-order valence-electron chi connectivity index (χ3n) is 5.28. The van der Waals surface area contributed by atoms with Crippen molar-refractivity contribution in [2.75, 3.05) is 24.2 Å². The summed E-state index contributed by atoms with van der Waals surface area (Å²) in [7, 11) is -2.33. The molecular weight excluding hydrogens is 485 g/mol. The third-order valence-corrected chi connectivity index (χ3v) is 6.99. The first-order valence-corrected chi connectivity index (χ1v) is 13.0. The Hall–Kier alpha value is -2.29. The summed E-state index contributed by atoms with van der Waals surface area (Å²) in [6.45, 7) is 5.02. The Morgan fingerprint density at radius 1 is 1.06 bits per heavy atom. The van der Waals surface area contributed by atoms with Crippen LogP contribution in [0.3, 0.4) is 0 Å². The predicted molar refractivity (Wildman–Crippen MR) is 133 cm³/mol. The smallest absolute Gasteiger partial charge is 0.244 e. The zero-order valence-electron chi connectivity index (χ0n) is 19.3. The highest BCUT2D eigenvalue weighted by Gasteiger charge is 2.31. The maximum absolute atomic E-state index is 13.5. The van der Waals surface area contributed by atoms with Crippen molar-refractivity contribution in [1.29, 1.82) is 0 Å². The second-order valence-electron chi connectivity index (χ2n) is 8.03. The van der Waals surface area contributed by atoms with Crippen LogP contribution in [-0.2, 0) is 26.2 Å². The molecule has 0 radical (unpaired) electrons. The molecule has 33 heavy (non-hydrogen) atoms. The summed E-state index contributed by atoms with van der Waals surface area (Å²) in [5.74, 6) is -0.891. The van der Waals surface area contributed by atoms with Crippen LogP contribution in [-0.4, -0.2) is 51.0 Å². The number of rotatable bonds is 9. The van der Waals surface area contributed by atoms with E-state index in [1.54, 1.807) is 37.3 Å². The first kappa shape index (κ1) is 27.0. The SMILES string of the molecule is CNC(=O)[C@H](C)N(Cc1ccc(Cl)cc1Cl)C(=O)CN(c1ccccc1C(C)C)S(C)(=O)=O. The summed E-state index contributed by atoms with van der Waals surface area (Å²) in [6, 6.07) is 11.0. The van der Waals surface area contributed by atoms with Gasteiger partial charge in [0.1, 0.15) is 12.6 Å². The molecule has 0 aliphatic carbocycles. The van der Waals surface area contributed by atoms with Crippen LogP contribution in [0.5, 0.6) is 0 Å². The fourth-order valence-electron chi connectivity index (χ4n) is 3.42. The highest BCUT2D eigenvalue weighted by Crippen LogP contribution is 2.29. The molecule has 2 aromatic rings. The minimum Gasteiger partial charge on any atom is -0.357 e. The summed E-state index contributed by atoms with van der Waals surface area (Å²) in [5.41, 5.74) is 1.81. The number of amides is 2. The van der Waals surface area contributed by atoms with Gasteiger partial charge >= 0.3 is 0 Å². The minimum atomic E-state index is -3.80. The molecule has 2 amide bonds. The molecule has 0 aliphatic heterocycles. The van der Waals surface area contributed by atoms with Crippen molar-refractivity contribution in [3.63, 3.8) is 0 Å². The van der Waals surface area contributed by atoms with Crippen molar-refractivity contribution in [2.45, 2.75) is 39.3 Å². The monoisotopic (exact) mass is 513 g/mol. The Morgan fingerprint density at radius 3 is 2.24 bits per heavy atom. The number of likely N-dealkylation sites (N-methyl/N-ethyl adjacent to an activating group) is 1. The Kier molecular flexibility index (Phi) is 9.17. The van der Waals surface area contributed by atoms with Gasteiger partial charge in [-0.1, -0.05) is 61.3 Å². The number of hydrogen-bond acceptors (Lipinski definition) is 4. The average Bonchev–Trinajstić information content (AvgIpc) is 2.74. The second-order valence-corrected chi connectivity index (χ2v) is 10.8. The highest BCUT2D eigenvalue weighted by molar-refractivity contribution is 7.92. The van der Waals surface area contributed by atoms with E-state index in [4.69, 9.17) is 23.2 Å². The van der Waals surface area contributed by atoms with Crippen LogP contribution in [0.1, 0.15) is 37.8 Å². The molecule has 0 saturated heterocycles. The predicted octanol–water partition coefficient (Wildman–Crippen LogP) is 4.05. The van der Waals surface area contributed by atoms with Gasteiger partial charge in [-0.25, -0.2) is 8.42 Å². The number of benzene rings is 2. The Morgan fingerprint density at radius 2 is 1.70 bits per heavy atom. The van der Waals surface area contributed by atoms with Crippen molar-refractivity contribution in [3.8, 4) is 0 Å². The van der Waals surface area contributed by atoms with E-state index >= 15 is 0 Å². The van der Waals surface area contributed by atoms with Gasteiger partial charge < -0.3 is 10.2 Å². The Balaban J connectivity index is 2.48. The molecule has 0 unspecified atom stereocenters. The molecule has 0 aromatic heterocycles. The number of sulfonamides is 1. The quantitative estimate of drug-likeness (QED) is 0.547. The summed E-state index contributed by atoms with van der Waals surface area (Å²) in [6.07, 6.45) is 1.06. The second kappa shape index (κ2) is 11.2. The van der Waals surface area contributed by atoms with E-state index in [2.05, 4.69) is 5.32 Å². The molecule has 10 heteroatoms. The lowest BCUT2D eigenvalue weighted by Gasteiger charge is -2.32. The van der Waals surface area contributed by atoms with Crippen LogP contribution in [0, 0.1) is 0 Å². The minimum absolute atomic E-state index is 0.00680. The Labute approximate surface area is 205 Å². The highest BCUT2D eigenvalue weighted by atomic mass is 35.5. The lowest BCUT2D eigenvalue weighted by atomic mass is 10.0. The molecule has 0 aliphatic rings. The molecule has 7 nitrogen and oxygen atoms in total. The van der Waals surface area contributed by atoms with Crippen LogP contribution in [0.4, 0.5) is 5.69 Å². The number of carbonyl (C=O) groups excluding carboxylic acids is 2. The van der Waals surface area contributed by atoms with E-state index in [-0.39, 0.29) is 18.4 Å². The average molecular weight is 514 g/mol. The number of hydrogen-bond donors (Lipinski definition) is 1. The number of nitrogens with zero attached hydrogens (tertiary/aromatic N) is 2. The number of halogens is 2. The molecule has 180 valence electrons. The zero-order valence-corrected chi connectivity index (χ0v) is 21.6. The molecule has 2 aromatic carbocycles. The first-order valence-electron chi connectivity index (χ1n) is 10.4. The summed E-state index contributed by atoms with van der Waals surface area (Å²) in [5, 5.41) is 3.31. The van der Waals surface area contributed by atoms with Crippen molar-refractivity contribution in [2.24, 2.45) is 0 Å². The van der Waals surface area contributed by atoms with E-state index < -0.39 is 28.5 Å². The largest absolute Gasteiger partial charge is 0.357 e. The summed E-state index contributed by atoms with van der Waals surface area (Å²) in [4.78, 5) is 27.2. The topological polar surface area (TPSA) is 86.8 Å². The molecule has 1 N–H and O–H groups in total. The van der Waals surface area contributed by atoms with E-state index in [0.717, 1.165) is 16.1 Å². The van der Waals surface area contributed by atoms with Gasteiger partial charge in [0.05, 0.1) is 11.9 Å². The fourth-order valence-corrected chi connectivity index (χ4v) is 4.76. The number of nitrogens with one attached hydrogen (secondary N) is 1. The molecule has 0 saturated carbocycles. The van der Waals surface area contributed by atoms with Gasteiger partial charge in [-0.15, -0.1) is 0 Å². The van der Waals surface area contributed by atoms with Crippen LogP contribution >= 0.6 is 23.2 Å². The molecule has 2 rings (SSSR count). The van der Waals surface area contributed by atoms with Gasteiger partial charge in [0.15, 0.2) is 0 Å². The van der Waals surface area contributed by atoms with E-state index in [1.165, 1.54) is 11.9 Å². The molecule has 1 atom stereocenters. The first-order chi connectivity index (χ1) is 15.4. The van der Waals surface area contributed by atoms with Gasteiger partial charge in [-0.3, -0.25) is 13.9 Å². The van der Waals surface area contributed by atoms with E-state index in [9.17, 15) is 18.0 Å². The van der Waals surface area contributed by atoms with Crippen molar-refractivity contribution < 1.29 is 18.0 Å². The molecule has 0 spiro atoms. The molecule has 0 fully saturated rings. The van der Waals surface area contributed by atoms with Crippen molar-refractivity contribution in [3.05, 3.63) is 63.6 Å². The van der Waals surface area contributed by atoms with Gasteiger partial charge in [0, 0.05) is 23.6 Å². The van der Waals surface area contributed by atoms with Crippen LogP contribution in [0.2, 0.25) is 10.0 Å². The van der Waals surface area contributed by atoms with Crippen LogP contribution in [0.25, 0.3) is 0 Å². The zero-order chi connectivity index (χ0) is 24.9. The van der Waals surface area contributed by atoms with Crippen LogP contribution in [0.15, 0.2) is 42.5 Å². The third kappa shape index (κ3) is 6.85. The van der Waals surface area contributed by atoms with Gasteiger partial charge in [-0.2, -0.15) is 0 Å². The maximum atomic E-state index is 13.5. The molecule has 0 heterocycles. The van der Waals surface area contributed by atoms with Gasteiger partial charge in [0.25, 0.3) is 0 Å². The standard InChI is InChI=1S/C23H29Cl2N3O4S/c1-15(2)19-8-6-7-9-21(19)28(33(5,31)32)14-22(29)27(16(3)23(30)26-4)13-17-10-11-18(24)12-20(17)25/h6-12,15-16H,13-14H2,1-5H3,(H,26,30)/t16-/m0/s1. The normalized spacial score (nSPS) is 12.4.